The number of hydrogen-bond donors (Lipinski definition) is 0. The van der Waals surface area contributed by atoms with Crippen LogP contribution in [-0.2, 0) is 0 Å². The molecular formula is C29H32F2N4. The minimum absolute atomic E-state index is 0.00601. The van der Waals surface area contributed by atoms with Gasteiger partial charge in [-0.3, -0.25) is 4.99 Å². The minimum Gasteiger partial charge on any atom is -0.341 e. The second-order valence-corrected chi connectivity index (χ2v) is 10.7. The van der Waals surface area contributed by atoms with Crippen molar-refractivity contribution in [2.45, 2.75) is 52.5 Å². The highest BCUT2D eigenvalue weighted by molar-refractivity contribution is 6.02. The van der Waals surface area contributed by atoms with Gasteiger partial charge < -0.3 is 4.90 Å². The fourth-order valence-electron chi connectivity index (χ4n) is 5.27. The standard InChI is InChI=1S/C29H32F2N4/c1-29(2,3)22-13-15-35(16-14-22)28-32-17-21(18-33-28)19-7-9-20(10-8-19)25-11-12-26(34-25)27-23(30)5-4-6-24(27)31/h4-10,17-18,22,25H,11-16H2,1-3H3. The zero-order chi connectivity index (χ0) is 24.6. The molecule has 5 rings (SSSR count). The first-order chi connectivity index (χ1) is 16.8. The van der Waals surface area contributed by atoms with Gasteiger partial charge in [-0.25, -0.2) is 18.7 Å². The molecule has 1 fully saturated rings. The number of hydrogen-bond acceptors (Lipinski definition) is 4. The molecule has 1 unspecified atom stereocenters. The first-order valence-corrected chi connectivity index (χ1v) is 12.5. The van der Waals surface area contributed by atoms with E-state index in [2.05, 4.69) is 40.6 Å². The highest BCUT2D eigenvalue weighted by Crippen LogP contribution is 2.36. The SMILES string of the molecule is CC(C)(C)C1CCN(c2ncc(-c3ccc(C4CCC(c5c(F)cccc5F)=N4)cc3)cn2)CC1. The number of aliphatic imine (C=N–C) groups is 1. The lowest BCUT2D eigenvalue weighted by molar-refractivity contribution is 0.198. The van der Waals surface area contributed by atoms with Crippen LogP contribution >= 0.6 is 0 Å². The summed E-state index contributed by atoms with van der Waals surface area (Å²) in [5, 5.41) is 0. The van der Waals surface area contributed by atoms with Crippen molar-refractivity contribution in [3.63, 3.8) is 0 Å². The van der Waals surface area contributed by atoms with Crippen molar-refractivity contribution < 1.29 is 8.78 Å². The Morgan fingerprint density at radius 3 is 2.06 bits per heavy atom. The van der Waals surface area contributed by atoms with E-state index in [0.29, 0.717) is 17.5 Å². The van der Waals surface area contributed by atoms with Crippen molar-refractivity contribution in [2.75, 3.05) is 18.0 Å². The van der Waals surface area contributed by atoms with E-state index in [-0.39, 0.29) is 11.6 Å². The number of aromatic nitrogens is 2. The quantitative estimate of drug-likeness (QED) is 0.408. The average molecular weight is 475 g/mol. The maximum absolute atomic E-state index is 14.1. The molecule has 1 aromatic heterocycles. The Hall–Kier alpha value is -3.15. The summed E-state index contributed by atoms with van der Waals surface area (Å²) >= 11 is 0. The molecule has 2 aliphatic heterocycles. The number of nitrogens with zero attached hydrogens (tertiary/aromatic N) is 4. The van der Waals surface area contributed by atoms with Crippen LogP contribution in [0.2, 0.25) is 0 Å². The van der Waals surface area contributed by atoms with E-state index < -0.39 is 11.6 Å². The van der Waals surface area contributed by atoms with Crippen LogP contribution in [-0.4, -0.2) is 28.8 Å². The molecule has 0 aliphatic carbocycles. The van der Waals surface area contributed by atoms with Gasteiger partial charge in [-0.15, -0.1) is 0 Å². The first-order valence-electron chi connectivity index (χ1n) is 12.5. The fraction of sp³-hybridized carbons (Fsp3) is 0.414. The van der Waals surface area contributed by atoms with E-state index in [1.807, 2.05) is 36.7 Å². The number of benzene rings is 2. The van der Waals surface area contributed by atoms with Gasteiger partial charge in [0.05, 0.1) is 11.6 Å². The van der Waals surface area contributed by atoms with Crippen LogP contribution in [0.3, 0.4) is 0 Å². The molecule has 0 bridgehead atoms. The van der Waals surface area contributed by atoms with Gasteiger partial charge in [0.1, 0.15) is 11.6 Å². The summed E-state index contributed by atoms with van der Waals surface area (Å²) in [6.07, 6.45) is 7.43. The topological polar surface area (TPSA) is 41.4 Å². The number of piperidine rings is 1. The Balaban J connectivity index is 1.25. The number of rotatable bonds is 4. The van der Waals surface area contributed by atoms with Crippen molar-refractivity contribution in [1.29, 1.82) is 0 Å². The van der Waals surface area contributed by atoms with Crippen LogP contribution in [0.15, 0.2) is 59.9 Å². The Bertz CT molecular complexity index is 1180. The van der Waals surface area contributed by atoms with Gasteiger partial charge in [0.15, 0.2) is 0 Å². The average Bonchev–Trinajstić information content (AvgIpc) is 3.33. The highest BCUT2D eigenvalue weighted by atomic mass is 19.1. The lowest BCUT2D eigenvalue weighted by atomic mass is 9.75. The molecule has 6 heteroatoms. The Morgan fingerprint density at radius 2 is 1.46 bits per heavy atom. The van der Waals surface area contributed by atoms with E-state index in [0.717, 1.165) is 48.1 Å². The summed E-state index contributed by atoms with van der Waals surface area (Å²) in [6.45, 7) is 8.97. The normalized spacial score (nSPS) is 19.2. The summed E-state index contributed by atoms with van der Waals surface area (Å²) in [7, 11) is 0. The summed E-state index contributed by atoms with van der Waals surface area (Å²) < 4.78 is 28.3. The first kappa shape index (κ1) is 23.6. The zero-order valence-electron chi connectivity index (χ0n) is 20.6. The second-order valence-electron chi connectivity index (χ2n) is 10.7. The van der Waals surface area contributed by atoms with Crippen molar-refractivity contribution in [3.05, 3.63) is 77.6 Å². The Kier molecular flexibility index (Phi) is 6.39. The lowest BCUT2D eigenvalue weighted by Crippen LogP contribution is -2.38. The van der Waals surface area contributed by atoms with Crippen LogP contribution in [0.4, 0.5) is 14.7 Å². The molecule has 182 valence electrons. The molecule has 4 nitrogen and oxygen atoms in total. The summed E-state index contributed by atoms with van der Waals surface area (Å²) in [6, 6.07) is 12.0. The molecule has 0 saturated carbocycles. The smallest absolute Gasteiger partial charge is 0.225 e. The van der Waals surface area contributed by atoms with Gasteiger partial charge >= 0.3 is 0 Å². The molecule has 0 amide bonds. The summed E-state index contributed by atoms with van der Waals surface area (Å²) in [4.78, 5) is 16.2. The maximum Gasteiger partial charge on any atom is 0.225 e. The molecular weight excluding hydrogens is 442 g/mol. The molecule has 1 atom stereocenters. The van der Waals surface area contributed by atoms with Crippen molar-refractivity contribution in [1.82, 2.24) is 9.97 Å². The third-order valence-electron chi connectivity index (χ3n) is 7.49. The van der Waals surface area contributed by atoms with Crippen LogP contribution in [0.5, 0.6) is 0 Å². The molecule has 0 N–H and O–H groups in total. The van der Waals surface area contributed by atoms with Gasteiger partial charge in [-0.1, -0.05) is 51.1 Å². The van der Waals surface area contributed by atoms with Gasteiger partial charge in [0, 0.05) is 36.8 Å². The maximum atomic E-state index is 14.1. The highest BCUT2D eigenvalue weighted by Gasteiger charge is 2.29. The lowest BCUT2D eigenvalue weighted by Gasteiger charge is -2.38. The number of halogens is 2. The van der Waals surface area contributed by atoms with E-state index in [4.69, 9.17) is 0 Å². The molecule has 0 radical (unpaired) electrons. The number of anilines is 1. The summed E-state index contributed by atoms with van der Waals surface area (Å²) in [5.41, 5.74) is 3.90. The monoisotopic (exact) mass is 474 g/mol. The molecule has 3 aromatic rings. The molecule has 2 aliphatic rings. The second kappa shape index (κ2) is 9.48. The van der Waals surface area contributed by atoms with Gasteiger partial charge in [-0.05, 0) is 60.3 Å². The molecule has 1 saturated heterocycles. The van der Waals surface area contributed by atoms with Crippen molar-refractivity contribution in [3.8, 4) is 11.1 Å². The van der Waals surface area contributed by atoms with Crippen LogP contribution in [0, 0.1) is 23.0 Å². The molecule has 2 aromatic carbocycles. The van der Waals surface area contributed by atoms with Crippen LogP contribution in [0.25, 0.3) is 11.1 Å². The summed E-state index contributed by atoms with van der Waals surface area (Å²) in [5.74, 6) is 0.428. The van der Waals surface area contributed by atoms with E-state index >= 15 is 0 Å². The van der Waals surface area contributed by atoms with Crippen molar-refractivity contribution >= 4 is 11.7 Å². The fourth-order valence-corrected chi connectivity index (χ4v) is 5.27. The minimum atomic E-state index is -0.554. The molecule has 3 heterocycles. The Morgan fingerprint density at radius 1 is 0.829 bits per heavy atom. The van der Waals surface area contributed by atoms with Gasteiger partial charge in [0.2, 0.25) is 5.95 Å². The van der Waals surface area contributed by atoms with Crippen molar-refractivity contribution in [2.24, 2.45) is 16.3 Å². The van der Waals surface area contributed by atoms with E-state index in [9.17, 15) is 8.78 Å². The molecule has 0 spiro atoms. The van der Waals surface area contributed by atoms with Crippen LogP contribution in [0.1, 0.15) is 63.6 Å². The Labute approximate surface area is 206 Å². The molecule has 35 heavy (non-hydrogen) atoms. The zero-order valence-corrected chi connectivity index (χ0v) is 20.6. The predicted octanol–water partition coefficient (Wildman–Crippen LogP) is 7.01. The van der Waals surface area contributed by atoms with E-state index in [1.165, 1.54) is 31.0 Å². The third kappa shape index (κ3) is 4.97. The van der Waals surface area contributed by atoms with Crippen LogP contribution < -0.4 is 4.90 Å². The third-order valence-corrected chi connectivity index (χ3v) is 7.49. The predicted molar refractivity (Wildman–Crippen MR) is 137 cm³/mol. The van der Waals surface area contributed by atoms with E-state index in [1.54, 1.807) is 0 Å². The van der Waals surface area contributed by atoms with Gasteiger partial charge in [0.25, 0.3) is 0 Å². The van der Waals surface area contributed by atoms with Gasteiger partial charge in [-0.2, -0.15) is 0 Å². The largest absolute Gasteiger partial charge is 0.341 e.